The third-order valence-corrected chi connectivity index (χ3v) is 3.44. The van der Waals surface area contributed by atoms with Gasteiger partial charge in [-0.1, -0.05) is 18.2 Å². The molecule has 1 heterocycles. The monoisotopic (exact) mass is 262 g/mol. The number of aliphatic carboxylic acids is 1. The van der Waals surface area contributed by atoms with Crippen LogP contribution < -0.4 is 5.73 Å². The van der Waals surface area contributed by atoms with Crippen LogP contribution in [0.2, 0.25) is 0 Å². The van der Waals surface area contributed by atoms with Crippen molar-refractivity contribution in [2.75, 3.05) is 18.8 Å². The highest BCUT2D eigenvalue weighted by atomic mass is 16.4. The standard InChI is InChI=1S/C14H18N2O3/c15-12-4-2-1-3-11(12)5-6-13(17)16-8-10(9-16)7-14(18)19/h1-4,10H,5-9,15H2,(H,18,19). The van der Waals surface area contributed by atoms with Gasteiger partial charge in [0.2, 0.25) is 5.91 Å². The summed E-state index contributed by atoms with van der Waals surface area (Å²) in [5, 5.41) is 8.64. The summed E-state index contributed by atoms with van der Waals surface area (Å²) in [6.07, 6.45) is 1.20. The zero-order valence-electron chi connectivity index (χ0n) is 10.7. The second kappa shape index (κ2) is 5.73. The second-order valence-electron chi connectivity index (χ2n) is 4.96. The molecule has 102 valence electrons. The van der Waals surface area contributed by atoms with E-state index in [1.54, 1.807) is 4.90 Å². The van der Waals surface area contributed by atoms with E-state index in [1.165, 1.54) is 0 Å². The first kappa shape index (κ1) is 13.4. The smallest absolute Gasteiger partial charge is 0.303 e. The third kappa shape index (κ3) is 3.47. The van der Waals surface area contributed by atoms with E-state index < -0.39 is 5.97 Å². The summed E-state index contributed by atoms with van der Waals surface area (Å²) in [6, 6.07) is 7.52. The zero-order chi connectivity index (χ0) is 13.8. The molecule has 1 fully saturated rings. The molecule has 1 aliphatic rings. The molecule has 1 aromatic carbocycles. The van der Waals surface area contributed by atoms with Gasteiger partial charge in [-0.25, -0.2) is 0 Å². The molecular weight excluding hydrogens is 244 g/mol. The van der Waals surface area contributed by atoms with Crippen LogP contribution in [-0.2, 0) is 16.0 Å². The molecule has 0 aliphatic carbocycles. The summed E-state index contributed by atoms with van der Waals surface area (Å²) in [4.78, 5) is 24.1. The van der Waals surface area contributed by atoms with Crippen LogP contribution >= 0.6 is 0 Å². The summed E-state index contributed by atoms with van der Waals surface area (Å²) >= 11 is 0. The minimum atomic E-state index is -0.797. The van der Waals surface area contributed by atoms with Crippen molar-refractivity contribution < 1.29 is 14.7 Å². The molecular formula is C14H18N2O3. The molecule has 1 amide bonds. The van der Waals surface area contributed by atoms with Gasteiger partial charge in [0, 0.05) is 31.1 Å². The lowest BCUT2D eigenvalue weighted by Gasteiger charge is -2.38. The van der Waals surface area contributed by atoms with Crippen LogP contribution in [0.3, 0.4) is 0 Å². The van der Waals surface area contributed by atoms with E-state index in [9.17, 15) is 9.59 Å². The van der Waals surface area contributed by atoms with Crippen LogP contribution in [0.1, 0.15) is 18.4 Å². The van der Waals surface area contributed by atoms with Gasteiger partial charge >= 0.3 is 5.97 Å². The Morgan fingerprint density at radius 3 is 2.63 bits per heavy atom. The molecule has 5 nitrogen and oxygen atoms in total. The molecule has 0 saturated carbocycles. The Hall–Kier alpha value is -2.04. The van der Waals surface area contributed by atoms with Crippen LogP contribution in [0, 0.1) is 5.92 Å². The first-order chi connectivity index (χ1) is 9.06. The molecule has 0 radical (unpaired) electrons. The summed E-state index contributed by atoms with van der Waals surface area (Å²) in [5.41, 5.74) is 7.51. The highest BCUT2D eigenvalue weighted by molar-refractivity contribution is 5.78. The molecule has 1 aliphatic heterocycles. The van der Waals surface area contributed by atoms with Gasteiger partial charge in [-0.2, -0.15) is 0 Å². The van der Waals surface area contributed by atoms with Gasteiger partial charge < -0.3 is 15.7 Å². The number of anilines is 1. The maximum atomic E-state index is 11.9. The van der Waals surface area contributed by atoms with E-state index in [4.69, 9.17) is 10.8 Å². The molecule has 0 bridgehead atoms. The normalized spacial score (nSPS) is 15.1. The summed E-state index contributed by atoms with van der Waals surface area (Å²) in [7, 11) is 0. The maximum Gasteiger partial charge on any atom is 0.303 e. The van der Waals surface area contributed by atoms with Gasteiger partial charge in [0.15, 0.2) is 0 Å². The van der Waals surface area contributed by atoms with E-state index in [1.807, 2.05) is 24.3 Å². The number of carboxylic acid groups (broad SMARTS) is 1. The molecule has 2 rings (SSSR count). The van der Waals surface area contributed by atoms with E-state index in [-0.39, 0.29) is 18.2 Å². The van der Waals surface area contributed by atoms with Gasteiger partial charge in [0.1, 0.15) is 0 Å². The molecule has 5 heteroatoms. The van der Waals surface area contributed by atoms with Crippen molar-refractivity contribution in [1.82, 2.24) is 4.90 Å². The fraction of sp³-hybridized carbons (Fsp3) is 0.429. The minimum absolute atomic E-state index is 0.0740. The topological polar surface area (TPSA) is 83.6 Å². The first-order valence-electron chi connectivity index (χ1n) is 6.39. The molecule has 19 heavy (non-hydrogen) atoms. The Balaban J connectivity index is 1.75. The van der Waals surface area contributed by atoms with Gasteiger partial charge in [0.05, 0.1) is 6.42 Å². The fourth-order valence-electron chi connectivity index (χ4n) is 2.31. The Bertz CT molecular complexity index is 481. The lowest BCUT2D eigenvalue weighted by atomic mass is 9.95. The van der Waals surface area contributed by atoms with Crippen molar-refractivity contribution in [2.45, 2.75) is 19.3 Å². The van der Waals surface area contributed by atoms with Crippen LogP contribution in [0.15, 0.2) is 24.3 Å². The minimum Gasteiger partial charge on any atom is -0.481 e. The maximum absolute atomic E-state index is 11.9. The highest BCUT2D eigenvalue weighted by Gasteiger charge is 2.31. The number of nitrogens with two attached hydrogens (primary N) is 1. The number of carbonyl (C=O) groups excluding carboxylic acids is 1. The molecule has 0 unspecified atom stereocenters. The van der Waals surface area contributed by atoms with E-state index in [0.29, 0.717) is 31.6 Å². The van der Waals surface area contributed by atoms with Crippen molar-refractivity contribution in [3.63, 3.8) is 0 Å². The molecule has 1 saturated heterocycles. The molecule has 0 aromatic heterocycles. The van der Waals surface area contributed by atoms with E-state index in [2.05, 4.69) is 0 Å². The number of nitrogens with zero attached hydrogens (tertiary/aromatic N) is 1. The van der Waals surface area contributed by atoms with Crippen molar-refractivity contribution in [3.8, 4) is 0 Å². The molecule has 0 atom stereocenters. The van der Waals surface area contributed by atoms with Crippen molar-refractivity contribution in [3.05, 3.63) is 29.8 Å². The number of hydrogen-bond donors (Lipinski definition) is 2. The van der Waals surface area contributed by atoms with Gasteiger partial charge in [-0.3, -0.25) is 9.59 Å². The Morgan fingerprint density at radius 1 is 1.32 bits per heavy atom. The second-order valence-corrected chi connectivity index (χ2v) is 4.96. The molecule has 3 N–H and O–H groups in total. The number of para-hydroxylation sites is 1. The van der Waals surface area contributed by atoms with Crippen LogP contribution in [0.4, 0.5) is 5.69 Å². The van der Waals surface area contributed by atoms with Crippen LogP contribution in [0.25, 0.3) is 0 Å². The number of amides is 1. The highest BCUT2D eigenvalue weighted by Crippen LogP contribution is 2.21. The van der Waals surface area contributed by atoms with Crippen LogP contribution in [-0.4, -0.2) is 35.0 Å². The van der Waals surface area contributed by atoms with E-state index in [0.717, 1.165) is 5.56 Å². The lowest BCUT2D eigenvalue weighted by Crippen LogP contribution is -2.50. The predicted molar refractivity (Wildman–Crippen MR) is 71.5 cm³/mol. The number of carbonyl (C=O) groups is 2. The number of carboxylic acids is 1. The number of hydrogen-bond acceptors (Lipinski definition) is 3. The summed E-state index contributed by atoms with van der Waals surface area (Å²) in [6.45, 7) is 1.13. The number of benzene rings is 1. The first-order valence-corrected chi connectivity index (χ1v) is 6.39. The van der Waals surface area contributed by atoms with Crippen molar-refractivity contribution in [1.29, 1.82) is 0 Å². The lowest BCUT2D eigenvalue weighted by molar-refractivity contribution is -0.145. The zero-order valence-corrected chi connectivity index (χ0v) is 10.7. The average Bonchev–Trinajstić information content (AvgIpc) is 2.31. The quantitative estimate of drug-likeness (QED) is 0.779. The Kier molecular flexibility index (Phi) is 4.04. The Morgan fingerprint density at radius 2 is 2.00 bits per heavy atom. The van der Waals surface area contributed by atoms with Crippen LogP contribution in [0.5, 0.6) is 0 Å². The fourth-order valence-corrected chi connectivity index (χ4v) is 2.31. The molecule has 1 aromatic rings. The number of likely N-dealkylation sites (tertiary alicyclic amines) is 1. The Labute approximate surface area is 112 Å². The molecule has 0 spiro atoms. The number of rotatable bonds is 5. The SMILES string of the molecule is Nc1ccccc1CCC(=O)N1CC(CC(=O)O)C1. The predicted octanol–water partition coefficient (Wildman–Crippen LogP) is 1.13. The van der Waals surface area contributed by atoms with Gasteiger partial charge in [-0.05, 0) is 18.1 Å². The van der Waals surface area contributed by atoms with Gasteiger partial charge in [-0.15, -0.1) is 0 Å². The summed E-state index contributed by atoms with van der Waals surface area (Å²) in [5.74, 6) is -0.609. The number of aryl methyl sites for hydroxylation is 1. The number of nitrogen functional groups attached to an aromatic ring is 1. The third-order valence-electron chi connectivity index (χ3n) is 3.44. The van der Waals surface area contributed by atoms with Crippen molar-refractivity contribution >= 4 is 17.6 Å². The largest absolute Gasteiger partial charge is 0.481 e. The van der Waals surface area contributed by atoms with Crippen molar-refractivity contribution in [2.24, 2.45) is 5.92 Å². The summed E-state index contributed by atoms with van der Waals surface area (Å²) < 4.78 is 0. The van der Waals surface area contributed by atoms with Gasteiger partial charge in [0.25, 0.3) is 0 Å². The average molecular weight is 262 g/mol. The van der Waals surface area contributed by atoms with E-state index >= 15 is 0 Å².